The van der Waals surface area contributed by atoms with Crippen LogP contribution in [-0.2, 0) is 14.9 Å². The van der Waals surface area contributed by atoms with E-state index in [4.69, 9.17) is 4.74 Å². The molecule has 1 aliphatic rings. The SMILES string of the molecule is CCOCCCNC(=NCC(=O)N(C)C)NCC1(c2ccccc2)CCC1.I. The van der Waals surface area contributed by atoms with Crippen LogP contribution >= 0.6 is 24.0 Å². The number of benzene rings is 1. The zero-order valence-electron chi connectivity index (χ0n) is 17.4. The number of aliphatic imine (C=N–C) groups is 1. The summed E-state index contributed by atoms with van der Waals surface area (Å²) in [6.07, 6.45) is 4.51. The monoisotopic (exact) mass is 502 g/mol. The minimum Gasteiger partial charge on any atom is -0.382 e. The van der Waals surface area contributed by atoms with Crippen LogP contribution in [0.3, 0.4) is 0 Å². The van der Waals surface area contributed by atoms with Gasteiger partial charge in [0, 0.05) is 45.8 Å². The van der Waals surface area contributed by atoms with Crippen LogP contribution in [0, 0.1) is 0 Å². The van der Waals surface area contributed by atoms with Crippen molar-refractivity contribution in [2.45, 2.75) is 38.0 Å². The van der Waals surface area contributed by atoms with Gasteiger partial charge >= 0.3 is 0 Å². The molecule has 0 atom stereocenters. The Hall–Kier alpha value is -1.35. The van der Waals surface area contributed by atoms with Crippen molar-refractivity contribution in [2.24, 2.45) is 4.99 Å². The van der Waals surface area contributed by atoms with Crippen LogP contribution in [0.25, 0.3) is 0 Å². The molecule has 28 heavy (non-hydrogen) atoms. The largest absolute Gasteiger partial charge is 0.382 e. The quantitative estimate of drug-likeness (QED) is 0.224. The summed E-state index contributed by atoms with van der Waals surface area (Å²) in [6, 6.07) is 10.7. The fourth-order valence-electron chi connectivity index (χ4n) is 3.20. The molecule has 1 aromatic carbocycles. The van der Waals surface area contributed by atoms with E-state index < -0.39 is 0 Å². The van der Waals surface area contributed by atoms with E-state index in [0.29, 0.717) is 5.96 Å². The molecule has 0 aromatic heterocycles. The van der Waals surface area contributed by atoms with Crippen LogP contribution in [0.4, 0.5) is 0 Å². The molecule has 7 heteroatoms. The number of hydrogen-bond donors (Lipinski definition) is 2. The van der Waals surface area contributed by atoms with E-state index in [-0.39, 0.29) is 41.8 Å². The van der Waals surface area contributed by atoms with Crippen LogP contribution in [0.2, 0.25) is 0 Å². The van der Waals surface area contributed by atoms with E-state index in [1.54, 1.807) is 19.0 Å². The van der Waals surface area contributed by atoms with Crippen LogP contribution < -0.4 is 10.6 Å². The van der Waals surface area contributed by atoms with E-state index in [9.17, 15) is 4.79 Å². The number of halogens is 1. The first-order valence-corrected chi connectivity index (χ1v) is 9.93. The summed E-state index contributed by atoms with van der Waals surface area (Å²) in [4.78, 5) is 17.9. The van der Waals surface area contributed by atoms with Crippen LogP contribution in [0.1, 0.15) is 38.2 Å². The minimum absolute atomic E-state index is 0. The molecule has 6 nitrogen and oxygen atoms in total. The lowest BCUT2D eigenvalue weighted by atomic mass is 9.64. The van der Waals surface area contributed by atoms with Gasteiger partial charge in [-0.05, 0) is 31.7 Å². The van der Waals surface area contributed by atoms with E-state index in [1.807, 2.05) is 6.92 Å². The van der Waals surface area contributed by atoms with Crippen molar-refractivity contribution < 1.29 is 9.53 Å². The number of rotatable bonds is 10. The number of guanidine groups is 1. The van der Waals surface area contributed by atoms with Crippen LogP contribution in [0.5, 0.6) is 0 Å². The third kappa shape index (κ3) is 7.58. The van der Waals surface area contributed by atoms with E-state index in [2.05, 4.69) is 46.0 Å². The average Bonchev–Trinajstić information content (AvgIpc) is 2.64. The Labute approximate surface area is 186 Å². The molecule has 2 rings (SSSR count). The second-order valence-electron chi connectivity index (χ2n) is 7.28. The van der Waals surface area contributed by atoms with Gasteiger partial charge in [0.25, 0.3) is 0 Å². The zero-order valence-corrected chi connectivity index (χ0v) is 19.7. The number of nitrogens with zero attached hydrogens (tertiary/aromatic N) is 2. The molecule has 1 fully saturated rings. The molecular weight excluding hydrogens is 467 g/mol. The Morgan fingerprint density at radius 1 is 1.21 bits per heavy atom. The summed E-state index contributed by atoms with van der Waals surface area (Å²) < 4.78 is 5.38. The predicted molar refractivity (Wildman–Crippen MR) is 125 cm³/mol. The van der Waals surface area contributed by atoms with Crippen molar-refractivity contribution in [1.82, 2.24) is 15.5 Å². The summed E-state index contributed by atoms with van der Waals surface area (Å²) in [5.41, 5.74) is 1.55. The van der Waals surface area contributed by atoms with Crippen molar-refractivity contribution in [3.05, 3.63) is 35.9 Å². The lowest BCUT2D eigenvalue weighted by molar-refractivity contribution is -0.127. The Kier molecular flexibility index (Phi) is 11.4. The zero-order chi connectivity index (χ0) is 19.5. The molecule has 1 saturated carbocycles. The highest BCUT2D eigenvalue weighted by atomic mass is 127. The standard InChI is InChI=1S/C21H34N4O2.HI/c1-4-27-15-9-14-22-20(23-16-19(26)25(2)3)24-17-21(12-8-13-21)18-10-6-5-7-11-18;/h5-7,10-11H,4,8-9,12-17H2,1-3H3,(H2,22,23,24);1H. The fourth-order valence-corrected chi connectivity index (χ4v) is 3.20. The molecule has 0 radical (unpaired) electrons. The van der Waals surface area contributed by atoms with Crippen molar-refractivity contribution in [1.29, 1.82) is 0 Å². The second kappa shape index (κ2) is 13.0. The molecule has 0 spiro atoms. The van der Waals surface area contributed by atoms with Crippen LogP contribution in [0.15, 0.2) is 35.3 Å². The van der Waals surface area contributed by atoms with Gasteiger partial charge in [0.15, 0.2) is 5.96 Å². The van der Waals surface area contributed by atoms with Gasteiger partial charge in [-0.3, -0.25) is 4.79 Å². The number of ether oxygens (including phenoxy) is 1. The van der Waals surface area contributed by atoms with E-state index in [1.165, 1.54) is 24.8 Å². The first kappa shape index (κ1) is 24.7. The Morgan fingerprint density at radius 3 is 2.50 bits per heavy atom. The van der Waals surface area contributed by atoms with Crippen LogP contribution in [-0.4, -0.2) is 63.7 Å². The normalized spacial score (nSPS) is 15.2. The summed E-state index contributed by atoms with van der Waals surface area (Å²) in [5, 5.41) is 6.81. The van der Waals surface area contributed by atoms with Crippen molar-refractivity contribution >= 4 is 35.8 Å². The fraction of sp³-hybridized carbons (Fsp3) is 0.619. The third-order valence-corrected chi connectivity index (χ3v) is 5.12. The van der Waals surface area contributed by atoms with Gasteiger partial charge in [0.05, 0.1) is 0 Å². The first-order valence-electron chi connectivity index (χ1n) is 9.93. The molecule has 2 N–H and O–H groups in total. The molecule has 0 unspecified atom stereocenters. The minimum atomic E-state index is -0.00756. The summed E-state index contributed by atoms with van der Waals surface area (Å²) >= 11 is 0. The number of carbonyl (C=O) groups excluding carboxylic acids is 1. The maximum atomic E-state index is 11.9. The predicted octanol–water partition coefficient (Wildman–Crippen LogP) is 2.78. The number of amides is 1. The average molecular weight is 502 g/mol. The molecule has 1 aliphatic carbocycles. The van der Waals surface area contributed by atoms with Crippen molar-refractivity contribution in [3.63, 3.8) is 0 Å². The maximum absolute atomic E-state index is 11.9. The Balaban J connectivity index is 0.00000392. The molecule has 1 amide bonds. The summed E-state index contributed by atoms with van der Waals surface area (Å²) in [5.74, 6) is 0.690. The summed E-state index contributed by atoms with van der Waals surface area (Å²) in [6.45, 7) is 5.19. The van der Waals surface area contributed by atoms with Gasteiger partial charge in [0.2, 0.25) is 5.91 Å². The lowest BCUT2D eigenvalue weighted by Crippen LogP contribution is -2.49. The van der Waals surface area contributed by atoms with Gasteiger partial charge in [0.1, 0.15) is 6.54 Å². The van der Waals surface area contributed by atoms with Crippen molar-refractivity contribution in [3.8, 4) is 0 Å². The van der Waals surface area contributed by atoms with Gasteiger partial charge in [-0.15, -0.1) is 24.0 Å². The second-order valence-corrected chi connectivity index (χ2v) is 7.28. The Bertz CT molecular complexity index is 604. The highest BCUT2D eigenvalue weighted by Crippen LogP contribution is 2.43. The van der Waals surface area contributed by atoms with Gasteiger partial charge in [-0.25, -0.2) is 4.99 Å². The highest BCUT2D eigenvalue weighted by Gasteiger charge is 2.38. The molecule has 0 saturated heterocycles. The maximum Gasteiger partial charge on any atom is 0.243 e. The summed E-state index contributed by atoms with van der Waals surface area (Å²) in [7, 11) is 3.50. The molecular formula is C21H35IN4O2. The molecule has 158 valence electrons. The topological polar surface area (TPSA) is 66.0 Å². The lowest BCUT2D eigenvalue weighted by Gasteiger charge is -2.43. The highest BCUT2D eigenvalue weighted by molar-refractivity contribution is 14.0. The van der Waals surface area contributed by atoms with Gasteiger partial charge < -0.3 is 20.3 Å². The van der Waals surface area contributed by atoms with E-state index >= 15 is 0 Å². The van der Waals surface area contributed by atoms with E-state index in [0.717, 1.165) is 32.7 Å². The molecule has 0 heterocycles. The number of hydrogen-bond acceptors (Lipinski definition) is 3. The molecule has 0 aliphatic heterocycles. The van der Waals surface area contributed by atoms with Gasteiger partial charge in [-0.2, -0.15) is 0 Å². The van der Waals surface area contributed by atoms with Crippen molar-refractivity contribution in [2.75, 3.05) is 46.9 Å². The Morgan fingerprint density at radius 2 is 1.93 bits per heavy atom. The van der Waals surface area contributed by atoms with Gasteiger partial charge in [-0.1, -0.05) is 36.8 Å². The number of likely N-dealkylation sites (N-methyl/N-ethyl adjacent to an activating group) is 1. The third-order valence-electron chi connectivity index (χ3n) is 5.12. The molecule has 0 bridgehead atoms. The molecule has 1 aromatic rings. The smallest absolute Gasteiger partial charge is 0.243 e. The number of nitrogens with one attached hydrogen (secondary N) is 2. The number of carbonyl (C=O) groups is 1. The first-order chi connectivity index (χ1) is 13.1.